The zero-order valence-electron chi connectivity index (χ0n) is 8.70. The van der Waals surface area contributed by atoms with Gasteiger partial charge in [-0.3, -0.25) is 4.79 Å². The van der Waals surface area contributed by atoms with E-state index in [4.69, 9.17) is 0 Å². The van der Waals surface area contributed by atoms with Gasteiger partial charge in [0.25, 0.3) is 0 Å². The molecule has 1 aromatic rings. The van der Waals surface area contributed by atoms with Gasteiger partial charge in [-0.15, -0.1) is 0 Å². The van der Waals surface area contributed by atoms with Crippen LogP contribution in [0.2, 0.25) is 0 Å². The summed E-state index contributed by atoms with van der Waals surface area (Å²) in [6.45, 7) is 0.697. The molecule has 0 spiro atoms. The van der Waals surface area contributed by atoms with Crippen LogP contribution in [-0.4, -0.2) is 18.5 Å². The van der Waals surface area contributed by atoms with Crippen molar-refractivity contribution in [1.29, 1.82) is 0 Å². The normalized spacial score (nSPS) is 14.7. The smallest absolute Gasteiger partial charge is 0.221 e. The predicted octanol–water partition coefficient (Wildman–Crippen LogP) is 1.77. The molecule has 0 saturated heterocycles. The predicted molar refractivity (Wildman–Crippen MR) is 60.7 cm³/mol. The highest BCUT2D eigenvalue weighted by molar-refractivity contribution is 5.77. The monoisotopic (exact) mass is 204 g/mol. The summed E-state index contributed by atoms with van der Waals surface area (Å²) in [4.78, 5) is 11.3. The summed E-state index contributed by atoms with van der Waals surface area (Å²) in [5, 5.41) is 6.17. The molecule has 3 heteroatoms. The Balaban J connectivity index is 1.63. The third-order valence-electron chi connectivity index (χ3n) is 2.40. The Morgan fingerprint density at radius 1 is 1.27 bits per heavy atom. The van der Waals surface area contributed by atoms with E-state index in [1.165, 1.54) is 0 Å². The van der Waals surface area contributed by atoms with Crippen LogP contribution in [0.15, 0.2) is 30.3 Å². The lowest BCUT2D eigenvalue weighted by Gasteiger charge is -2.06. The van der Waals surface area contributed by atoms with Crippen LogP contribution in [0.1, 0.15) is 19.3 Å². The number of hydrogen-bond acceptors (Lipinski definition) is 2. The number of para-hydroxylation sites is 1. The van der Waals surface area contributed by atoms with E-state index >= 15 is 0 Å². The van der Waals surface area contributed by atoms with Gasteiger partial charge in [0.05, 0.1) is 0 Å². The molecule has 15 heavy (non-hydrogen) atoms. The highest BCUT2D eigenvalue weighted by Crippen LogP contribution is 2.18. The number of hydrogen-bond donors (Lipinski definition) is 2. The molecular weight excluding hydrogens is 188 g/mol. The number of anilines is 1. The fourth-order valence-corrected chi connectivity index (χ4v) is 1.40. The lowest BCUT2D eigenvalue weighted by atomic mass is 10.3. The van der Waals surface area contributed by atoms with Gasteiger partial charge < -0.3 is 10.6 Å². The van der Waals surface area contributed by atoms with E-state index < -0.39 is 0 Å². The Morgan fingerprint density at radius 3 is 2.67 bits per heavy atom. The Labute approximate surface area is 89.9 Å². The van der Waals surface area contributed by atoms with Gasteiger partial charge in [0.1, 0.15) is 0 Å². The lowest BCUT2D eigenvalue weighted by molar-refractivity contribution is -0.120. The number of amides is 1. The molecule has 1 amide bonds. The Morgan fingerprint density at radius 2 is 2.00 bits per heavy atom. The molecule has 0 radical (unpaired) electrons. The van der Waals surface area contributed by atoms with Crippen molar-refractivity contribution in [2.24, 2.45) is 0 Å². The maximum absolute atomic E-state index is 11.3. The Hall–Kier alpha value is -1.51. The molecule has 2 N–H and O–H groups in total. The molecule has 0 unspecified atom stereocenters. The first-order valence-electron chi connectivity index (χ1n) is 5.43. The molecule has 0 heterocycles. The molecule has 0 bridgehead atoms. The Bertz CT molecular complexity index is 320. The van der Waals surface area contributed by atoms with Crippen LogP contribution < -0.4 is 10.6 Å². The van der Waals surface area contributed by atoms with Crippen LogP contribution in [0.5, 0.6) is 0 Å². The second kappa shape index (κ2) is 4.82. The molecule has 1 aromatic carbocycles. The van der Waals surface area contributed by atoms with Gasteiger partial charge in [-0.25, -0.2) is 0 Å². The molecule has 1 fully saturated rings. The largest absolute Gasteiger partial charge is 0.385 e. The van der Waals surface area contributed by atoms with Crippen LogP contribution >= 0.6 is 0 Å². The summed E-state index contributed by atoms with van der Waals surface area (Å²) in [5.41, 5.74) is 1.07. The van der Waals surface area contributed by atoms with Crippen molar-refractivity contribution in [3.05, 3.63) is 30.3 Å². The first-order chi connectivity index (χ1) is 7.34. The summed E-state index contributed by atoms with van der Waals surface area (Å²) in [6.07, 6.45) is 2.85. The van der Waals surface area contributed by atoms with E-state index in [1.807, 2.05) is 30.3 Å². The molecule has 0 atom stereocenters. The van der Waals surface area contributed by atoms with Crippen LogP contribution in [0.25, 0.3) is 0 Å². The minimum atomic E-state index is 0.154. The van der Waals surface area contributed by atoms with Crippen LogP contribution in [0.3, 0.4) is 0 Å². The SMILES string of the molecule is O=C(CCNc1ccccc1)NC1CC1. The second-order valence-corrected chi connectivity index (χ2v) is 3.88. The zero-order valence-corrected chi connectivity index (χ0v) is 8.70. The molecule has 0 aromatic heterocycles. The van der Waals surface area contributed by atoms with Crippen LogP contribution in [-0.2, 0) is 4.79 Å². The zero-order chi connectivity index (χ0) is 10.5. The minimum Gasteiger partial charge on any atom is -0.385 e. The second-order valence-electron chi connectivity index (χ2n) is 3.88. The number of nitrogens with one attached hydrogen (secondary N) is 2. The summed E-state index contributed by atoms with van der Waals surface area (Å²) in [5.74, 6) is 0.154. The number of rotatable bonds is 5. The van der Waals surface area contributed by atoms with Crippen molar-refractivity contribution in [1.82, 2.24) is 5.32 Å². The maximum atomic E-state index is 11.3. The van der Waals surface area contributed by atoms with Gasteiger partial charge >= 0.3 is 0 Å². The van der Waals surface area contributed by atoms with Crippen LogP contribution in [0.4, 0.5) is 5.69 Å². The van der Waals surface area contributed by atoms with E-state index in [-0.39, 0.29) is 5.91 Å². The summed E-state index contributed by atoms with van der Waals surface area (Å²) >= 11 is 0. The van der Waals surface area contributed by atoms with Gasteiger partial charge in [0.15, 0.2) is 0 Å². The quantitative estimate of drug-likeness (QED) is 0.767. The van der Waals surface area contributed by atoms with Gasteiger partial charge in [0, 0.05) is 24.7 Å². The van der Waals surface area contributed by atoms with Crippen LogP contribution in [0, 0.1) is 0 Å². The minimum absolute atomic E-state index is 0.154. The van der Waals surface area contributed by atoms with E-state index in [0.29, 0.717) is 19.0 Å². The molecule has 1 saturated carbocycles. The average Bonchev–Trinajstić information content (AvgIpc) is 3.03. The summed E-state index contributed by atoms with van der Waals surface area (Å²) < 4.78 is 0. The molecule has 3 nitrogen and oxygen atoms in total. The highest BCUT2D eigenvalue weighted by atomic mass is 16.1. The third kappa shape index (κ3) is 3.62. The van der Waals surface area contributed by atoms with E-state index in [0.717, 1.165) is 18.5 Å². The van der Waals surface area contributed by atoms with Crippen molar-refractivity contribution >= 4 is 11.6 Å². The number of carbonyl (C=O) groups is 1. The summed E-state index contributed by atoms with van der Waals surface area (Å²) in [7, 11) is 0. The average molecular weight is 204 g/mol. The molecular formula is C12H16N2O. The number of carbonyl (C=O) groups excluding carboxylic acids is 1. The molecule has 1 aliphatic carbocycles. The molecule has 2 rings (SSSR count). The van der Waals surface area contributed by atoms with E-state index in [2.05, 4.69) is 10.6 Å². The Kier molecular flexibility index (Phi) is 3.22. The molecule has 1 aliphatic rings. The van der Waals surface area contributed by atoms with Gasteiger partial charge in [-0.2, -0.15) is 0 Å². The summed E-state index contributed by atoms with van der Waals surface area (Å²) in [6, 6.07) is 10.4. The van der Waals surface area contributed by atoms with Gasteiger partial charge in [0.2, 0.25) is 5.91 Å². The maximum Gasteiger partial charge on any atom is 0.221 e. The van der Waals surface area contributed by atoms with E-state index in [1.54, 1.807) is 0 Å². The fourth-order valence-electron chi connectivity index (χ4n) is 1.40. The van der Waals surface area contributed by atoms with Crippen molar-refractivity contribution in [3.63, 3.8) is 0 Å². The standard InChI is InChI=1S/C12H16N2O/c15-12(14-11-6-7-11)8-9-13-10-4-2-1-3-5-10/h1-5,11,13H,6-9H2,(H,14,15). The topological polar surface area (TPSA) is 41.1 Å². The van der Waals surface area contributed by atoms with Crippen molar-refractivity contribution in [2.45, 2.75) is 25.3 Å². The van der Waals surface area contributed by atoms with E-state index in [9.17, 15) is 4.79 Å². The van der Waals surface area contributed by atoms with Crippen molar-refractivity contribution < 1.29 is 4.79 Å². The third-order valence-corrected chi connectivity index (χ3v) is 2.40. The highest BCUT2D eigenvalue weighted by Gasteiger charge is 2.22. The first kappa shape index (κ1) is 10.0. The molecule has 80 valence electrons. The van der Waals surface area contributed by atoms with Crippen molar-refractivity contribution in [3.8, 4) is 0 Å². The number of benzene rings is 1. The fraction of sp³-hybridized carbons (Fsp3) is 0.417. The van der Waals surface area contributed by atoms with Gasteiger partial charge in [-0.1, -0.05) is 18.2 Å². The van der Waals surface area contributed by atoms with Gasteiger partial charge in [-0.05, 0) is 25.0 Å². The lowest BCUT2D eigenvalue weighted by Crippen LogP contribution is -2.27. The van der Waals surface area contributed by atoms with Crippen molar-refractivity contribution in [2.75, 3.05) is 11.9 Å². The first-order valence-corrected chi connectivity index (χ1v) is 5.43. The molecule has 0 aliphatic heterocycles.